The third-order valence-electron chi connectivity index (χ3n) is 2.87. The molecule has 13 heavy (non-hydrogen) atoms. The summed E-state index contributed by atoms with van der Waals surface area (Å²) in [4.78, 5) is 4.37. The molecule has 1 aliphatic heterocycles. The zero-order valence-corrected chi connectivity index (χ0v) is 8.30. The summed E-state index contributed by atoms with van der Waals surface area (Å²) in [5.41, 5.74) is 2.78. The van der Waals surface area contributed by atoms with Crippen LogP contribution in [0.25, 0.3) is 0 Å². The molecule has 0 saturated carbocycles. The Morgan fingerprint density at radius 2 is 2.46 bits per heavy atom. The van der Waals surface area contributed by atoms with Gasteiger partial charge in [-0.3, -0.25) is 0 Å². The Bertz CT molecular complexity index is 307. The smallest absolute Gasteiger partial charge is 0.129 e. The molecule has 1 N–H and O–H groups in total. The molecule has 0 aliphatic carbocycles. The van der Waals surface area contributed by atoms with Gasteiger partial charge in [0.25, 0.3) is 0 Å². The molecule has 0 aromatic carbocycles. The van der Waals surface area contributed by atoms with Crippen LogP contribution in [0, 0.1) is 6.92 Å². The Labute approximate surface area is 79.4 Å². The summed E-state index contributed by atoms with van der Waals surface area (Å²) < 4.78 is 0. The van der Waals surface area contributed by atoms with Crippen molar-refractivity contribution in [2.75, 3.05) is 5.32 Å². The molecule has 0 spiro atoms. The lowest BCUT2D eigenvalue weighted by Crippen LogP contribution is -2.25. The summed E-state index contributed by atoms with van der Waals surface area (Å²) in [5.74, 6) is 1.11. The van der Waals surface area contributed by atoms with Gasteiger partial charge in [-0.25, -0.2) is 4.98 Å². The van der Waals surface area contributed by atoms with Gasteiger partial charge in [0.2, 0.25) is 0 Å². The lowest BCUT2D eigenvalue weighted by molar-refractivity contribution is 0.607. The van der Waals surface area contributed by atoms with E-state index < -0.39 is 0 Å². The molecule has 0 fully saturated rings. The molecule has 2 heterocycles. The molecular formula is C11H16N2. The van der Waals surface area contributed by atoms with E-state index in [0.717, 1.165) is 5.82 Å². The molecule has 2 heteroatoms. The molecule has 0 amide bonds. The van der Waals surface area contributed by atoms with Crippen LogP contribution >= 0.6 is 0 Å². The molecular weight excluding hydrogens is 160 g/mol. The number of nitrogens with one attached hydrogen (secondary N) is 1. The summed E-state index contributed by atoms with van der Waals surface area (Å²) in [6, 6.07) is 2.72. The molecule has 0 radical (unpaired) electrons. The van der Waals surface area contributed by atoms with E-state index in [4.69, 9.17) is 0 Å². The van der Waals surface area contributed by atoms with E-state index in [1.54, 1.807) is 0 Å². The van der Waals surface area contributed by atoms with Gasteiger partial charge < -0.3 is 5.32 Å². The van der Waals surface area contributed by atoms with E-state index in [0.29, 0.717) is 6.04 Å². The van der Waals surface area contributed by atoms with Gasteiger partial charge in [0.1, 0.15) is 5.82 Å². The van der Waals surface area contributed by atoms with Crippen LogP contribution in [0.2, 0.25) is 0 Å². The third kappa shape index (κ3) is 1.53. The van der Waals surface area contributed by atoms with Crippen molar-refractivity contribution in [2.45, 2.75) is 39.2 Å². The van der Waals surface area contributed by atoms with Crippen LogP contribution in [-0.2, 0) is 6.42 Å². The Balaban J connectivity index is 2.31. The third-order valence-corrected chi connectivity index (χ3v) is 2.87. The van der Waals surface area contributed by atoms with Gasteiger partial charge in [0, 0.05) is 12.2 Å². The first kappa shape index (κ1) is 8.54. The maximum absolute atomic E-state index is 4.37. The van der Waals surface area contributed by atoms with Crippen molar-refractivity contribution >= 4 is 5.82 Å². The van der Waals surface area contributed by atoms with Gasteiger partial charge in [-0.1, -0.05) is 6.92 Å². The predicted molar refractivity (Wildman–Crippen MR) is 55.0 cm³/mol. The number of hydrogen-bond donors (Lipinski definition) is 1. The highest BCUT2D eigenvalue weighted by molar-refractivity contribution is 5.50. The average Bonchev–Trinajstić information content (AvgIpc) is 2.18. The van der Waals surface area contributed by atoms with E-state index in [2.05, 4.69) is 30.2 Å². The van der Waals surface area contributed by atoms with Crippen LogP contribution in [0.4, 0.5) is 5.82 Å². The Morgan fingerprint density at radius 3 is 3.23 bits per heavy atom. The number of fused-ring (bicyclic) bond motifs is 1. The van der Waals surface area contributed by atoms with Crippen molar-refractivity contribution in [1.82, 2.24) is 4.98 Å². The van der Waals surface area contributed by atoms with Crippen LogP contribution in [0.5, 0.6) is 0 Å². The second-order valence-electron chi connectivity index (χ2n) is 3.74. The summed E-state index contributed by atoms with van der Waals surface area (Å²) in [7, 11) is 0. The lowest BCUT2D eigenvalue weighted by atomic mass is 9.96. The second-order valence-corrected chi connectivity index (χ2v) is 3.74. The minimum atomic E-state index is 0.627. The van der Waals surface area contributed by atoms with Crippen LogP contribution in [-0.4, -0.2) is 11.0 Å². The van der Waals surface area contributed by atoms with Crippen LogP contribution in [0.1, 0.15) is 30.9 Å². The van der Waals surface area contributed by atoms with Gasteiger partial charge in [-0.05, 0) is 43.4 Å². The van der Waals surface area contributed by atoms with E-state index in [1.807, 2.05) is 6.20 Å². The number of nitrogens with zero attached hydrogens (tertiary/aromatic N) is 1. The highest BCUT2D eigenvalue weighted by Gasteiger charge is 2.17. The number of hydrogen-bond acceptors (Lipinski definition) is 2. The average molecular weight is 176 g/mol. The van der Waals surface area contributed by atoms with E-state index in [1.165, 1.54) is 30.4 Å². The lowest BCUT2D eigenvalue weighted by Gasteiger charge is -2.26. The van der Waals surface area contributed by atoms with Crippen molar-refractivity contribution in [3.63, 3.8) is 0 Å². The SMILES string of the molecule is CC[C@H]1CCc2c(C)ccnc2N1. The Hall–Kier alpha value is -1.05. The van der Waals surface area contributed by atoms with Crippen LogP contribution in [0.3, 0.4) is 0 Å². The summed E-state index contributed by atoms with van der Waals surface area (Å²) >= 11 is 0. The summed E-state index contributed by atoms with van der Waals surface area (Å²) in [5, 5.41) is 3.48. The standard InChI is InChI=1S/C11H16N2/c1-3-9-4-5-10-8(2)6-7-12-11(10)13-9/h6-7,9H,3-5H2,1-2H3,(H,12,13)/t9-/m0/s1. The van der Waals surface area contributed by atoms with Gasteiger partial charge >= 0.3 is 0 Å². The number of aromatic nitrogens is 1. The normalized spacial score (nSPS) is 20.6. The maximum Gasteiger partial charge on any atom is 0.129 e. The van der Waals surface area contributed by atoms with E-state index >= 15 is 0 Å². The Kier molecular flexibility index (Phi) is 2.21. The maximum atomic E-state index is 4.37. The zero-order chi connectivity index (χ0) is 9.26. The van der Waals surface area contributed by atoms with Crippen molar-refractivity contribution < 1.29 is 0 Å². The monoisotopic (exact) mass is 176 g/mol. The molecule has 2 nitrogen and oxygen atoms in total. The summed E-state index contributed by atoms with van der Waals surface area (Å²) in [6.07, 6.45) is 5.50. The van der Waals surface area contributed by atoms with Crippen molar-refractivity contribution in [3.05, 3.63) is 23.4 Å². The first-order valence-electron chi connectivity index (χ1n) is 5.02. The number of pyridine rings is 1. The largest absolute Gasteiger partial charge is 0.367 e. The molecule has 1 aliphatic rings. The predicted octanol–water partition coefficient (Wildman–Crippen LogP) is 2.53. The fourth-order valence-electron chi connectivity index (χ4n) is 1.92. The van der Waals surface area contributed by atoms with E-state index in [9.17, 15) is 0 Å². The van der Waals surface area contributed by atoms with Gasteiger partial charge in [-0.15, -0.1) is 0 Å². The molecule has 1 atom stereocenters. The fourth-order valence-corrected chi connectivity index (χ4v) is 1.92. The first-order valence-corrected chi connectivity index (χ1v) is 5.02. The molecule has 2 rings (SSSR count). The zero-order valence-electron chi connectivity index (χ0n) is 8.30. The molecule has 0 saturated heterocycles. The Morgan fingerprint density at radius 1 is 1.62 bits per heavy atom. The first-order chi connectivity index (χ1) is 6.31. The molecule has 1 aromatic rings. The molecule has 1 aromatic heterocycles. The fraction of sp³-hybridized carbons (Fsp3) is 0.545. The van der Waals surface area contributed by atoms with Crippen LogP contribution < -0.4 is 5.32 Å². The quantitative estimate of drug-likeness (QED) is 0.711. The minimum Gasteiger partial charge on any atom is -0.367 e. The van der Waals surface area contributed by atoms with E-state index in [-0.39, 0.29) is 0 Å². The highest BCUT2D eigenvalue weighted by Crippen LogP contribution is 2.25. The molecule has 70 valence electrons. The highest BCUT2D eigenvalue weighted by atomic mass is 15.0. The summed E-state index contributed by atoms with van der Waals surface area (Å²) in [6.45, 7) is 4.38. The van der Waals surface area contributed by atoms with Crippen molar-refractivity contribution in [3.8, 4) is 0 Å². The number of rotatable bonds is 1. The molecule has 0 unspecified atom stereocenters. The van der Waals surface area contributed by atoms with Gasteiger partial charge in [0.05, 0.1) is 0 Å². The van der Waals surface area contributed by atoms with Crippen LogP contribution in [0.15, 0.2) is 12.3 Å². The second kappa shape index (κ2) is 3.36. The minimum absolute atomic E-state index is 0.627. The van der Waals surface area contributed by atoms with Gasteiger partial charge in [0.15, 0.2) is 0 Å². The number of anilines is 1. The number of aryl methyl sites for hydroxylation is 1. The van der Waals surface area contributed by atoms with Gasteiger partial charge in [-0.2, -0.15) is 0 Å². The molecule has 0 bridgehead atoms. The topological polar surface area (TPSA) is 24.9 Å². The van der Waals surface area contributed by atoms with Crippen molar-refractivity contribution in [1.29, 1.82) is 0 Å². The van der Waals surface area contributed by atoms with Crippen molar-refractivity contribution in [2.24, 2.45) is 0 Å².